The van der Waals surface area contributed by atoms with Gasteiger partial charge in [-0.2, -0.15) is 4.31 Å². The van der Waals surface area contributed by atoms with Crippen LogP contribution in [0.1, 0.15) is 24.2 Å². The number of hydrogen-bond donors (Lipinski definition) is 1. The molecule has 0 unspecified atom stereocenters. The lowest BCUT2D eigenvalue weighted by molar-refractivity contribution is 0.0373. The molecule has 1 amide bonds. The van der Waals surface area contributed by atoms with Crippen LogP contribution >= 0.6 is 15.9 Å². The summed E-state index contributed by atoms with van der Waals surface area (Å²) in [6, 6.07) is 1.19. The van der Waals surface area contributed by atoms with E-state index in [2.05, 4.69) is 25.9 Å². The minimum Gasteiger partial charge on any atom is -0.472 e. The Kier molecular flexibility index (Phi) is 7.04. The van der Waals surface area contributed by atoms with Crippen LogP contribution in [0.3, 0.4) is 0 Å². The molecular formula is C19H26BrN5O5S. The highest BCUT2D eigenvalue weighted by molar-refractivity contribution is 9.10. The summed E-state index contributed by atoms with van der Waals surface area (Å²) in [4.78, 5) is 22.9. The first-order valence-corrected chi connectivity index (χ1v) is 12.0. The molecule has 3 rings (SSSR count). The first kappa shape index (κ1) is 23.6. The molecule has 170 valence electrons. The molecule has 0 spiro atoms. The summed E-state index contributed by atoms with van der Waals surface area (Å²) in [5.41, 5.74) is 0.252. The van der Waals surface area contributed by atoms with Gasteiger partial charge in [-0.25, -0.2) is 18.4 Å². The van der Waals surface area contributed by atoms with Crippen molar-refractivity contribution >= 4 is 31.9 Å². The van der Waals surface area contributed by atoms with Crippen LogP contribution in [0.25, 0.3) is 0 Å². The quantitative estimate of drug-likeness (QED) is 0.612. The third-order valence-electron chi connectivity index (χ3n) is 5.28. The molecule has 0 bridgehead atoms. The number of likely N-dealkylation sites (N-methyl/N-ethyl adjacent to an activating group) is 1. The number of imidazole rings is 1. The lowest BCUT2D eigenvalue weighted by Crippen LogP contribution is -2.50. The van der Waals surface area contributed by atoms with Crippen molar-refractivity contribution in [2.45, 2.75) is 31.0 Å². The van der Waals surface area contributed by atoms with Crippen molar-refractivity contribution in [1.29, 1.82) is 0 Å². The first-order valence-electron chi connectivity index (χ1n) is 9.73. The van der Waals surface area contributed by atoms with Gasteiger partial charge in [-0.1, -0.05) is 6.92 Å². The maximum Gasteiger partial charge on any atom is 0.261 e. The fourth-order valence-electron chi connectivity index (χ4n) is 3.33. The maximum absolute atomic E-state index is 13.1. The lowest BCUT2D eigenvalue weighted by atomic mass is 10.0. The lowest BCUT2D eigenvalue weighted by Gasteiger charge is -2.37. The van der Waals surface area contributed by atoms with E-state index >= 15 is 0 Å². The Morgan fingerprint density at radius 1 is 1.42 bits per heavy atom. The summed E-state index contributed by atoms with van der Waals surface area (Å²) in [5, 5.41) is 9.60. The first-order chi connectivity index (χ1) is 14.5. The number of aliphatic hydroxyl groups excluding tert-OH is 1. The molecule has 0 saturated carbocycles. The normalized spacial score (nSPS) is 20.7. The topological polar surface area (TPSA) is 118 Å². The van der Waals surface area contributed by atoms with E-state index in [0.717, 1.165) is 0 Å². The predicted molar refractivity (Wildman–Crippen MR) is 116 cm³/mol. The van der Waals surface area contributed by atoms with Gasteiger partial charge in [0.2, 0.25) is 5.88 Å². The van der Waals surface area contributed by atoms with E-state index in [4.69, 9.17) is 4.74 Å². The molecule has 1 N–H and O–H groups in total. The van der Waals surface area contributed by atoms with Gasteiger partial charge in [0.15, 0.2) is 5.03 Å². The number of ether oxygens (including phenoxy) is 1. The number of nitrogens with zero attached hydrogens (tertiary/aromatic N) is 5. The number of fused-ring (bicyclic) bond motifs is 1. The van der Waals surface area contributed by atoms with E-state index in [0.29, 0.717) is 4.47 Å². The highest BCUT2D eigenvalue weighted by atomic mass is 79.9. The van der Waals surface area contributed by atoms with Crippen molar-refractivity contribution in [3.05, 3.63) is 34.8 Å². The van der Waals surface area contributed by atoms with Gasteiger partial charge >= 0.3 is 0 Å². The number of pyridine rings is 1. The van der Waals surface area contributed by atoms with Crippen molar-refractivity contribution in [2.75, 3.05) is 26.7 Å². The highest BCUT2D eigenvalue weighted by Gasteiger charge is 2.36. The second-order valence-corrected chi connectivity index (χ2v) is 10.7. The van der Waals surface area contributed by atoms with Crippen molar-refractivity contribution in [1.82, 2.24) is 23.7 Å². The van der Waals surface area contributed by atoms with Crippen LogP contribution in [-0.4, -0.2) is 82.1 Å². The molecule has 0 aliphatic carbocycles. The smallest absolute Gasteiger partial charge is 0.261 e. The van der Waals surface area contributed by atoms with E-state index in [1.54, 1.807) is 29.5 Å². The molecule has 1 aliphatic heterocycles. The molecule has 3 heterocycles. The molecule has 1 aliphatic rings. The van der Waals surface area contributed by atoms with Crippen molar-refractivity contribution in [2.24, 2.45) is 13.0 Å². The molecular weight excluding hydrogens is 490 g/mol. The van der Waals surface area contributed by atoms with E-state index in [-0.39, 0.29) is 48.0 Å². The second-order valence-electron chi connectivity index (χ2n) is 7.79. The van der Waals surface area contributed by atoms with Gasteiger partial charge in [-0.3, -0.25) is 4.79 Å². The molecule has 2 aromatic rings. The number of rotatable bonds is 6. The van der Waals surface area contributed by atoms with E-state index in [1.165, 1.54) is 30.1 Å². The molecule has 2 aromatic heterocycles. The Morgan fingerprint density at radius 2 is 2.13 bits per heavy atom. The number of aliphatic hydroxyl groups is 1. The zero-order valence-corrected chi connectivity index (χ0v) is 20.2. The fraction of sp³-hybridized carbons (Fsp3) is 0.526. The van der Waals surface area contributed by atoms with Crippen LogP contribution in [0.15, 0.2) is 34.3 Å². The van der Waals surface area contributed by atoms with Crippen LogP contribution in [-0.2, 0) is 17.1 Å². The average molecular weight is 516 g/mol. The largest absolute Gasteiger partial charge is 0.472 e. The summed E-state index contributed by atoms with van der Waals surface area (Å²) in [6.07, 6.45) is 3.79. The fourth-order valence-corrected chi connectivity index (χ4v) is 4.80. The number of carbonyl (C=O) groups is 1. The van der Waals surface area contributed by atoms with Crippen LogP contribution in [0.5, 0.6) is 5.88 Å². The number of carbonyl (C=O) groups excluding carboxylic acids is 1. The maximum atomic E-state index is 13.1. The van der Waals surface area contributed by atoms with Crippen LogP contribution in [0, 0.1) is 5.92 Å². The van der Waals surface area contributed by atoms with Gasteiger partial charge in [0, 0.05) is 43.4 Å². The summed E-state index contributed by atoms with van der Waals surface area (Å²) in [5.74, 6) is -0.411. The molecule has 0 aromatic carbocycles. The van der Waals surface area contributed by atoms with Crippen LogP contribution < -0.4 is 4.74 Å². The molecule has 0 fully saturated rings. The Morgan fingerprint density at radius 3 is 2.74 bits per heavy atom. The molecule has 12 heteroatoms. The summed E-state index contributed by atoms with van der Waals surface area (Å²) in [6.45, 7) is 3.75. The molecule has 0 radical (unpaired) electrons. The van der Waals surface area contributed by atoms with Crippen molar-refractivity contribution in [3.8, 4) is 5.88 Å². The zero-order chi connectivity index (χ0) is 22.9. The van der Waals surface area contributed by atoms with E-state index < -0.39 is 22.2 Å². The summed E-state index contributed by atoms with van der Waals surface area (Å²) in [7, 11) is -0.657. The van der Waals surface area contributed by atoms with Gasteiger partial charge in [-0.05, 0) is 28.9 Å². The van der Waals surface area contributed by atoms with Crippen molar-refractivity contribution in [3.63, 3.8) is 0 Å². The van der Waals surface area contributed by atoms with Gasteiger partial charge < -0.3 is 19.3 Å². The standard InChI is InChI=1S/C19H26BrN5O5S/c1-12-7-25(13(2)10-26)19(27)15-5-14(20)6-21-18(15)30-16(12)8-24(4)31(28,29)17-9-23(3)11-22-17/h5-6,9,11-13,16,26H,7-8,10H2,1-4H3/t12-,13-,16+/m0/s1. The monoisotopic (exact) mass is 515 g/mol. The van der Waals surface area contributed by atoms with Gasteiger partial charge in [-0.15, -0.1) is 0 Å². The van der Waals surface area contributed by atoms with Crippen molar-refractivity contribution < 1.29 is 23.1 Å². The number of aromatic nitrogens is 3. The number of sulfonamides is 1. The summed E-state index contributed by atoms with van der Waals surface area (Å²) >= 11 is 3.32. The molecule has 0 saturated heterocycles. The number of halogens is 1. The summed E-state index contributed by atoms with van der Waals surface area (Å²) < 4.78 is 35.3. The molecule has 3 atom stereocenters. The number of hydrogen-bond acceptors (Lipinski definition) is 7. The van der Waals surface area contributed by atoms with Gasteiger partial charge in [0.1, 0.15) is 11.7 Å². The molecule has 31 heavy (non-hydrogen) atoms. The Labute approximate surface area is 190 Å². The van der Waals surface area contributed by atoms with Crippen LogP contribution in [0.2, 0.25) is 0 Å². The Bertz CT molecular complexity index is 1060. The number of aryl methyl sites for hydroxylation is 1. The molecule has 10 nitrogen and oxygen atoms in total. The third-order valence-corrected chi connectivity index (χ3v) is 7.42. The predicted octanol–water partition coefficient (Wildman–Crippen LogP) is 1.12. The Balaban J connectivity index is 1.94. The highest BCUT2D eigenvalue weighted by Crippen LogP contribution is 2.29. The zero-order valence-electron chi connectivity index (χ0n) is 17.8. The Hall–Kier alpha value is -2.02. The van der Waals surface area contributed by atoms with E-state index in [9.17, 15) is 18.3 Å². The average Bonchev–Trinajstić information content (AvgIpc) is 3.17. The van der Waals surface area contributed by atoms with Crippen LogP contribution in [0.4, 0.5) is 0 Å². The minimum absolute atomic E-state index is 0.0345. The van der Waals surface area contributed by atoms with Gasteiger partial charge in [0.05, 0.1) is 25.5 Å². The third kappa shape index (κ3) is 4.92. The van der Waals surface area contributed by atoms with E-state index in [1.807, 2.05) is 6.92 Å². The number of amides is 1. The second kappa shape index (κ2) is 9.23. The minimum atomic E-state index is -3.82. The van der Waals surface area contributed by atoms with Gasteiger partial charge in [0.25, 0.3) is 15.9 Å². The SMILES string of the molecule is C[C@H]1CN([C@@H](C)CO)C(=O)c2cc(Br)cnc2O[C@@H]1CN(C)S(=O)(=O)c1cn(C)cn1.